The molecule has 6 nitrogen and oxygen atoms in total. The third-order valence-corrected chi connectivity index (χ3v) is 3.10. The van der Waals surface area contributed by atoms with Gasteiger partial charge in [-0.2, -0.15) is 10.1 Å². The molecule has 0 aliphatic heterocycles. The van der Waals surface area contributed by atoms with Crippen LogP contribution in [0.3, 0.4) is 0 Å². The largest absolute Gasteiger partial charge is 0.481 e. The lowest BCUT2D eigenvalue weighted by Gasteiger charge is -2.07. The van der Waals surface area contributed by atoms with Crippen molar-refractivity contribution in [1.29, 1.82) is 0 Å². The van der Waals surface area contributed by atoms with Gasteiger partial charge < -0.3 is 10.1 Å². The Morgan fingerprint density at radius 3 is 2.71 bits per heavy atom. The van der Waals surface area contributed by atoms with E-state index in [9.17, 15) is 0 Å². The summed E-state index contributed by atoms with van der Waals surface area (Å²) in [5, 5.41) is 7.54. The van der Waals surface area contributed by atoms with Gasteiger partial charge >= 0.3 is 0 Å². The molecule has 0 spiro atoms. The highest BCUT2D eigenvalue weighted by molar-refractivity contribution is 5.56. The molecule has 0 bridgehead atoms. The van der Waals surface area contributed by atoms with Crippen LogP contribution >= 0.6 is 0 Å². The number of ether oxygens (including phenoxy) is 1. The van der Waals surface area contributed by atoms with Crippen molar-refractivity contribution in [2.75, 3.05) is 12.4 Å². The maximum absolute atomic E-state index is 5.09. The van der Waals surface area contributed by atoms with Crippen molar-refractivity contribution >= 4 is 11.6 Å². The quantitative estimate of drug-likeness (QED) is 0.796. The number of hydrogen-bond acceptors (Lipinski definition) is 5. The molecule has 2 aromatic heterocycles. The van der Waals surface area contributed by atoms with E-state index in [1.807, 2.05) is 41.9 Å². The van der Waals surface area contributed by atoms with Crippen LogP contribution in [0.15, 0.2) is 48.8 Å². The standard InChI is InChI=1S/C15H15N5O/c1-11-13(18-15-16-9-8-14(19-15)21-2)10-17-20(11)12-6-4-3-5-7-12/h3-10H,1-2H3,(H,16,18,19). The monoisotopic (exact) mass is 281 g/mol. The van der Waals surface area contributed by atoms with Crippen LogP contribution in [-0.2, 0) is 0 Å². The van der Waals surface area contributed by atoms with E-state index in [1.165, 1.54) is 0 Å². The van der Waals surface area contributed by atoms with Gasteiger partial charge in [0, 0.05) is 12.3 Å². The Kier molecular flexibility index (Phi) is 3.51. The number of benzene rings is 1. The topological polar surface area (TPSA) is 64.9 Å². The number of methoxy groups -OCH3 is 1. The molecule has 0 aliphatic rings. The van der Waals surface area contributed by atoms with Crippen molar-refractivity contribution in [3.8, 4) is 11.6 Å². The van der Waals surface area contributed by atoms with Crippen LogP contribution in [0.25, 0.3) is 5.69 Å². The molecule has 2 heterocycles. The number of nitrogens with zero attached hydrogens (tertiary/aromatic N) is 4. The van der Waals surface area contributed by atoms with Gasteiger partial charge in [-0.15, -0.1) is 0 Å². The Bertz CT molecular complexity index is 739. The van der Waals surface area contributed by atoms with Gasteiger partial charge in [0.15, 0.2) is 0 Å². The molecule has 1 N–H and O–H groups in total. The van der Waals surface area contributed by atoms with Crippen LogP contribution in [0, 0.1) is 6.92 Å². The first kappa shape index (κ1) is 13.1. The highest BCUT2D eigenvalue weighted by Gasteiger charge is 2.09. The van der Waals surface area contributed by atoms with Crippen LogP contribution < -0.4 is 10.1 Å². The third kappa shape index (κ3) is 2.69. The van der Waals surface area contributed by atoms with Crippen molar-refractivity contribution in [2.45, 2.75) is 6.92 Å². The Morgan fingerprint density at radius 1 is 1.14 bits per heavy atom. The number of rotatable bonds is 4. The summed E-state index contributed by atoms with van der Waals surface area (Å²) in [7, 11) is 1.57. The molecule has 21 heavy (non-hydrogen) atoms. The maximum atomic E-state index is 5.09. The summed E-state index contributed by atoms with van der Waals surface area (Å²) in [5.41, 5.74) is 2.84. The Labute approximate surface area is 122 Å². The molecule has 0 atom stereocenters. The Balaban J connectivity index is 1.89. The summed E-state index contributed by atoms with van der Waals surface area (Å²) < 4.78 is 6.95. The fraction of sp³-hybridized carbons (Fsp3) is 0.133. The van der Waals surface area contributed by atoms with E-state index < -0.39 is 0 Å². The van der Waals surface area contributed by atoms with Crippen LogP contribution in [0.1, 0.15) is 5.69 Å². The van der Waals surface area contributed by atoms with Gasteiger partial charge in [-0.25, -0.2) is 9.67 Å². The van der Waals surface area contributed by atoms with Gasteiger partial charge in [0.2, 0.25) is 11.8 Å². The Hall–Kier alpha value is -2.89. The molecule has 0 amide bonds. The number of hydrogen-bond donors (Lipinski definition) is 1. The lowest BCUT2D eigenvalue weighted by molar-refractivity contribution is 0.397. The maximum Gasteiger partial charge on any atom is 0.230 e. The van der Waals surface area contributed by atoms with Gasteiger partial charge in [-0.1, -0.05) is 18.2 Å². The first-order chi connectivity index (χ1) is 10.3. The van der Waals surface area contributed by atoms with Crippen LogP contribution in [0.5, 0.6) is 5.88 Å². The molecule has 0 aliphatic carbocycles. The van der Waals surface area contributed by atoms with Gasteiger partial charge in [0.05, 0.1) is 30.4 Å². The number of anilines is 2. The molecule has 3 rings (SSSR count). The van der Waals surface area contributed by atoms with Gasteiger partial charge in [-0.3, -0.25) is 0 Å². The third-order valence-electron chi connectivity index (χ3n) is 3.10. The zero-order valence-corrected chi connectivity index (χ0v) is 11.8. The highest BCUT2D eigenvalue weighted by Crippen LogP contribution is 2.21. The van der Waals surface area contributed by atoms with E-state index in [-0.39, 0.29) is 0 Å². The summed E-state index contributed by atoms with van der Waals surface area (Å²) in [6, 6.07) is 11.7. The first-order valence-electron chi connectivity index (χ1n) is 6.52. The SMILES string of the molecule is COc1ccnc(Nc2cnn(-c3ccccc3)c2C)n1. The minimum absolute atomic E-state index is 0.477. The van der Waals surface area contributed by atoms with Crippen molar-refractivity contribution in [3.63, 3.8) is 0 Å². The van der Waals surface area contributed by atoms with E-state index in [4.69, 9.17) is 4.74 Å². The van der Waals surface area contributed by atoms with Crippen molar-refractivity contribution < 1.29 is 4.74 Å². The van der Waals surface area contributed by atoms with Crippen molar-refractivity contribution in [2.24, 2.45) is 0 Å². The molecule has 0 saturated carbocycles. The highest BCUT2D eigenvalue weighted by atomic mass is 16.5. The predicted octanol–water partition coefficient (Wildman–Crippen LogP) is 2.72. The van der Waals surface area contributed by atoms with Crippen molar-refractivity contribution in [3.05, 3.63) is 54.5 Å². The van der Waals surface area contributed by atoms with E-state index in [0.29, 0.717) is 11.8 Å². The molecule has 1 aromatic carbocycles. The fourth-order valence-electron chi connectivity index (χ4n) is 2.00. The van der Waals surface area contributed by atoms with Gasteiger partial charge in [0.1, 0.15) is 0 Å². The van der Waals surface area contributed by atoms with E-state index in [1.54, 1.807) is 25.6 Å². The van der Waals surface area contributed by atoms with Crippen LogP contribution in [0.4, 0.5) is 11.6 Å². The minimum Gasteiger partial charge on any atom is -0.481 e. The fourth-order valence-corrected chi connectivity index (χ4v) is 2.00. The lowest BCUT2D eigenvalue weighted by atomic mass is 10.3. The van der Waals surface area contributed by atoms with Gasteiger partial charge in [-0.05, 0) is 19.1 Å². The summed E-state index contributed by atoms with van der Waals surface area (Å²) in [6.07, 6.45) is 3.40. The molecular weight excluding hydrogens is 266 g/mol. The first-order valence-corrected chi connectivity index (χ1v) is 6.52. The molecule has 0 fully saturated rings. The average Bonchev–Trinajstić information content (AvgIpc) is 2.89. The zero-order valence-electron chi connectivity index (χ0n) is 11.8. The number of aromatic nitrogens is 4. The molecule has 0 unspecified atom stereocenters. The summed E-state index contributed by atoms with van der Waals surface area (Å²) in [6.45, 7) is 1.99. The Morgan fingerprint density at radius 2 is 1.95 bits per heavy atom. The summed E-state index contributed by atoms with van der Waals surface area (Å²) in [4.78, 5) is 8.39. The van der Waals surface area contributed by atoms with Crippen LogP contribution in [-0.4, -0.2) is 26.9 Å². The van der Waals surface area contributed by atoms with Crippen molar-refractivity contribution in [1.82, 2.24) is 19.7 Å². The smallest absolute Gasteiger partial charge is 0.230 e. The summed E-state index contributed by atoms with van der Waals surface area (Å²) in [5.74, 6) is 0.991. The second kappa shape index (κ2) is 5.62. The summed E-state index contributed by atoms with van der Waals surface area (Å²) >= 11 is 0. The van der Waals surface area contributed by atoms with Gasteiger partial charge in [0.25, 0.3) is 0 Å². The normalized spacial score (nSPS) is 10.4. The van der Waals surface area contributed by atoms with E-state index >= 15 is 0 Å². The number of para-hydroxylation sites is 1. The molecular formula is C15H15N5O. The average molecular weight is 281 g/mol. The molecule has 3 aromatic rings. The lowest BCUT2D eigenvalue weighted by Crippen LogP contribution is -2.01. The molecule has 106 valence electrons. The molecule has 6 heteroatoms. The number of nitrogens with one attached hydrogen (secondary N) is 1. The zero-order chi connectivity index (χ0) is 14.7. The molecule has 0 radical (unpaired) electrons. The van der Waals surface area contributed by atoms with E-state index in [2.05, 4.69) is 20.4 Å². The molecule has 0 saturated heterocycles. The minimum atomic E-state index is 0.477. The van der Waals surface area contributed by atoms with Crippen LogP contribution in [0.2, 0.25) is 0 Å². The predicted molar refractivity (Wildman–Crippen MR) is 80.2 cm³/mol. The second-order valence-electron chi connectivity index (χ2n) is 4.44. The second-order valence-corrected chi connectivity index (χ2v) is 4.44. The van der Waals surface area contributed by atoms with E-state index in [0.717, 1.165) is 17.1 Å².